The summed E-state index contributed by atoms with van der Waals surface area (Å²) in [6.45, 7) is 3.14. The molecule has 2 rings (SSSR count). The number of rotatable bonds is 7. The molecular weight excluding hydrogens is 302 g/mol. The van der Waals surface area contributed by atoms with Gasteiger partial charge in [0.2, 0.25) is 0 Å². The number of piperidine rings is 1. The number of hydrogen-bond donors (Lipinski definition) is 3. The molecule has 3 N–H and O–H groups in total. The smallest absolute Gasteiger partial charge is 0.169 e. The minimum Gasteiger partial charge on any atom is -0.395 e. The monoisotopic (exact) mass is 325 g/mol. The van der Waals surface area contributed by atoms with Crippen molar-refractivity contribution in [2.45, 2.75) is 25.4 Å². The van der Waals surface area contributed by atoms with Gasteiger partial charge in [0, 0.05) is 32.2 Å². The van der Waals surface area contributed by atoms with E-state index in [1.807, 2.05) is 18.2 Å². The molecule has 0 atom stereocenters. The highest BCUT2D eigenvalue weighted by molar-refractivity contribution is 5.39. The molecule has 6 nitrogen and oxygen atoms in total. The first-order valence-electron chi connectivity index (χ1n) is 8.19. The van der Waals surface area contributed by atoms with Crippen LogP contribution in [0.15, 0.2) is 41.7 Å². The molecular formula is C18H23N5O. The van der Waals surface area contributed by atoms with E-state index in [2.05, 4.69) is 39.8 Å². The Kier molecular flexibility index (Phi) is 7.10. The van der Waals surface area contributed by atoms with Crippen LogP contribution in [0.5, 0.6) is 0 Å². The van der Waals surface area contributed by atoms with Crippen molar-refractivity contribution >= 4 is 0 Å². The van der Waals surface area contributed by atoms with Gasteiger partial charge in [0.15, 0.2) is 5.57 Å². The van der Waals surface area contributed by atoms with E-state index in [1.54, 1.807) is 0 Å². The molecule has 0 bridgehead atoms. The fourth-order valence-electron chi connectivity index (χ4n) is 2.81. The summed E-state index contributed by atoms with van der Waals surface area (Å²) in [5, 5.41) is 33.2. The highest BCUT2D eigenvalue weighted by atomic mass is 16.3. The van der Waals surface area contributed by atoms with Crippen LogP contribution in [0.4, 0.5) is 0 Å². The second kappa shape index (κ2) is 9.57. The molecule has 6 heteroatoms. The van der Waals surface area contributed by atoms with Crippen molar-refractivity contribution in [2.24, 2.45) is 0 Å². The third-order valence-electron chi connectivity index (χ3n) is 4.07. The van der Waals surface area contributed by atoms with Gasteiger partial charge < -0.3 is 15.7 Å². The number of nitrogens with one attached hydrogen (secondary N) is 2. The van der Waals surface area contributed by atoms with Crippen molar-refractivity contribution in [3.8, 4) is 12.1 Å². The molecule has 0 radical (unpaired) electrons. The first-order valence-corrected chi connectivity index (χ1v) is 8.19. The third-order valence-corrected chi connectivity index (χ3v) is 4.07. The van der Waals surface area contributed by atoms with Crippen molar-refractivity contribution in [1.82, 2.24) is 15.5 Å². The number of hydrogen-bond acceptors (Lipinski definition) is 6. The lowest BCUT2D eigenvalue weighted by Gasteiger charge is -2.33. The number of benzene rings is 1. The summed E-state index contributed by atoms with van der Waals surface area (Å²) in [5.41, 5.74) is 1.33. The van der Waals surface area contributed by atoms with Crippen molar-refractivity contribution in [1.29, 1.82) is 10.5 Å². The topological polar surface area (TPSA) is 95.1 Å². The summed E-state index contributed by atoms with van der Waals surface area (Å²) in [4.78, 5) is 2.41. The molecule has 1 aliphatic heterocycles. The minimum atomic E-state index is -0.0508. The van der Waals surface area contributed by atoms with E-state index in [-0.39, 0.29) is 18.2 Å². The Morgan fingerprint density at radius 3 is 2.42 bits per heavy atom. The summed E-state index contributed by atoms with van der Waals surface area (Å²) in [5.74, 6) is 0.426. The molecule has 24 heavy (non-hydrogen) atoms. The Hall–Kier alpha value is -2.54. The standard InChI is InChI=1S/C18H23N5O/c19-12-16(13-20)18(21-8-11-24)22-17-6-9-23(10-7-17)14-15-4-2-1-3-5-15/h1-5,17,21-22,24H,6-11,14H2. The van der Waals surface area contributed by atoms with E-state index in [9.17, 15) is 0 Å². The largest absolute Gasteiger partial charge is 0.395 e. The van der Waals surface area contributed by atoms with Crippen LogP contribution in [-0.2, 0) is 6.54 Å². The van der Waals surface area contributed by atoms with Crippen LogP contribution in [0.1, 0.15) is 18.4 Å². The highest BCUT2D eigenvalue weighted by Crippen LogP contribution is 2.15. The maximum absolute atomic E-state index is 9.05. The molecule has 0 amide bonds. The van der Waals surface area contributed by atoms with Gasteiger partial charge in [-0.25, -0.2) is 0 Å². The maximum Gasteiger partial charge on any atom is 0.169 e. The number of nitrogens with zero attached hydrogens (tertiary/aromatic N) is 3. The minimum absolute atomic E-state index is 0.0233. The summed E-state index contributed by atoms with van der Waals surface area (Å²) in [6.07, 6.45) is 1.89. The van der Waals surface area contributed by atoms with E-state index in [1.165, 1.54) is 5.56 Å². The van der Waals surface area contributed by atoms with Crippen molar-refractivity contribution < 1.29 is 5.11 Å². The van der Waals surface area contributed by atoms with Crippen LogP contribution >= 0.6 is 0 Å². The molecule has 0 aromatic heterocycles. The van der Waals surface area contributed by atoms with Gasteiger partial charge in [-0.15, -0.1) is 0 Å². The van der Waals surface area contributed by atoms with Gasteiger partial charge in [-0.1, -0.05) is 30.3 Å². The van der Waals surface area contributed by atoms with E-state index in [0.717, 1.165) is 32.5 Å². The summed E-state index contributed by atoms with van der Waals surface area (Å²) in [7, 11) is 0. The summed E-state index contributed by atoms with van der Waals surface area (Å²) >= 11 is 0. The zero-order valence-electron chi connectivity index (χ0n) is 13.7. The lowest BCUT2D eigenvalue weighted by Crippen LogP contribution is -2.44. The Morgan fingerprint density at radius 2 is 1.83 bits per heavy atom. The zero-order chi connectivity index (χ0) is 17.2. The number of aliphatic hydroxyl groups excluding tert-OH is 1. The van der Waals surface area contributed by atoms with Crippen LogP contribution in [0.25, 0.3) is 0 Å². The SMILES string of the molecule is N#CC(C#N)=C(NCCO)NC1CCN(Cc2ccccc2)CC1. The second-order valence-corrected chi connectivity index (χ2v) is 5.80. The van der Waals surface area contributed by atoms with Gasteiger partial charge >= 0.3 is 0 Å². The fourth-order valence-corrected chi connectivity index (χ4v) is 2.81. The average molecular weight is 325 g/mol. The van der Waals surface area contributed by atoms with Gasteiger partial charge in [0.25, 0.3) is 0 Å². The first kappa shape index (κ1) is 17.8. The molecule has 0 unspecified atom stereocenters. The lowest BCUT2D eigenvalue weighted by molar-refractivity contribution is 0.193. The summed E-state index contributed by atoms with van der Waals surface area (Å²) in [6, 6.07) is 14.4. The number of aliphatic hydroxyl groups is 1. The highest BCUT2D eigenvalue weighted by Gasteiger charge is 2.20. The van der Waals surface area contributed by atoms with Gasteiger partial charge in [-0.05, 0) is 18.4 Å². The van der Waals surface area contributed by atoms with Gasteiger partial charge in [-0.2, -0.15) is 10.5 Å². The molecule has 1 aromatic carbocycles. The van der Waals surface area contributed by atoms with Gasteiger partial charge in [0.05, 0.1) is 6.61 Å². The fraction of sp³-hybridized carbons (Fsp3) is 0.444. The molecule has 0 aliphatic carbocycles. The lowest BCUT2D eigenvalue weighted by atomic mass is 10.0. The van der Waals surface area contributed by atoms with Crippen LogP contribution in [0, 0.1) is 22.7 Å². The predicted octanol–water partition coefficient (Wildman–Crippen LogP) is 1.08. The molecule has 0 saturated carbocycles. The van der Waals surface area contributed by atoms with E-state index in [4.69, 9.17) is 15.6 Å². The van der Waals surface area contributed by atoms with E-state index < -0.39 is 0 Å². The van der Waals surface area contributed by atoms with Crippen LogP contribution < -0.4 is 10.6 Å². The molecule has 0 spiro atoms. The Morgan fingerprint density at radius 1 is 1.17 bits per heavy atom. The van der Waals surface area contributed by atoms with Gasteiger partial charge in [0.1, 0.15) is 18.0 Å². The Bertz CT molecular complexity index is 605. The van der Waals surface area contributed by atoms with Crippen molar-refractivity contribution in [3.05, 3.63) is 47.3 Å². The molecule has 126 valence electrons. The zero-order valence-corrected chi connectivity index (χ0v) is 13.7. The molecule has 1 saturated heterocycles. The van der Waals surface area contributed by atoms with Crippen LogP contribution in [0.3, 0.4) is 0 Å². The van der Waals surface area contributed by atoms with Crippen molar-refractivity contribution in [3.63, 3.8) is 0 Å². The maximum atomic E-state index is 9.05. The number of allylic oxidation sites excluding steroid dienone is 1. The Balaban J connectivity index is 1.88. The first-order chi connectivity index (χ1) is 11.8. The molecule has 1 fully saturated rings. The van der Waals surface area contributed by atoms with Crippen LogP contribution in [0.2, 0.25) is 0 Å². The number of nitriles is 2. The summed E-state index contributed by atoms with van der Waals surface area (Å²) < 4.78 is 0. The quantitative estimate of drug-likeness (QED) is 0.649. The van der Waals surface area contributed by atoms with Crippen molar-refractivity contribution in [2.75, 3.05) is 26.2 Å². The molecule has 1 aliphatic rings. The Labute approximate surface area is 143 Å². The number of likely N-dealkylation sites (tertiary alicyclic amines) is 1. The van der Waals surface area contributed by atoms with Crippen LogP contribution in [-0.4, -0.2) is 42.3 Å². The van der Waals surface area contributed by atoms with E-state index in [0.29, 0.717) is 12.4 Å². The third kappa shape index (κ3) is 5.27. The molecule has 1 aromatic rings. The molecule has 1 heterocycles. The van der Waals surface area contributed by atoms with Gasteiger partial charge in [-0.3, -0.25) is 4.90 Å². The average Bonchev–Trinajstić information content (AvgIpc) is 2.63. The van der Waals surface area contributed by atoms with E-state index >= 15 is 0 Å². The predicted molar refractivity (Wildman–Crippen MR) is 91.2 cm³/mol. The normalized spacial score (nSPS) is 15.1. The second-order valence-electron chi connectivity index (χ2n) is 5.80.